The fourth-order valence-corrected chi connectivity index (χ4v) is 6.77. The maximum absolute atomic E-state index is 14.5. The summed E-state index contributed by atoms with van der Waals surface area (Å²) in [5.74, 6) is -2.68. The van der Waals surface area contributed by atoms with Crippen LogP contribution in [0.2, 0.25) is 0 Å². The largest absolute Gasteiger partial charge is 0.466 e. The number of benzene rings is 2. The van der Waals surface area contributed by atoms with Gasteiger partial charge in [-0.05, 0) is 37.3 Å². The number of aliphatic hydroxyl groups is 1. The van der Waals surface area contributed by atoms with Gasteiger partial charge >= 0.3 is 5.97 Å². The molecule has 2 amide bonds. The predicted molar refractivity (Wildman–Crippen MR) is 144 cm³/mol. The van der Waals surface area contributed by atoms with Gasteiger partial charge in [0.25, 0.3) is 0 Å². The van der Waals surface area contributed by atoms with Crippen molar-refractivity contribution in [3.63, 3.8) is 0 Å². The SMILES string of the molecule is C=CCN(Cc1ccccc1)C(=O)[C@@H]1N([C@@H](CO)Cc2ccccc2)C(=O)[C@H]2[C@H](C(=O)OCC)[C@@H]3CC[C@]12O3. The van der Waals surface area contributed by atoms with Crippen LogP contribution in [0.15, 0.2) is 73.3 Å². The summed E-state index contributed by atoms with van der Waals surface area (Å²) >= 11 is 0. The molecule has 0 radical (unpaired) electrons. The Labute approximate surface area is 229 Å². The van der Waals surface area contributed by atoms with E-state index in [0.717, 1.165) is 11.1 Å². The monoisotopic (exact) mass is 532 g/mol. The van der Waals surface area contributed by atoms with E-state index in [0.29, 0.717) is 25.8 Å². The quantitative estimate of drug-likeness (QED) is 0.353. The molecular formula is C31H36N2O6. The number of nitrogens with zero attached hydrogens (tertiary/aromatic N) is 2. The Morgan fingerprint density at radius 2 is 1.85 bits per heavy atom. The van der Waals surface area contributed by atoms with Crippen molar-refractivity contribution >= 4 is 17.8 Å². The lowest BCUT2D eigenvalue weighted by atomic mass is 9.70. The van der Waals surface area contributed by atoms with Crippen molar-refractivity contribution in [2.24, 2.45) is 11.8 Å². The first-order valence-electron chi connectivity index (χ1n) is 13.7. The average Bonchev–Trinajstić information content (AvgIpc) is 3.60. The van der Waals surface area contributed by atoms with Gasteiger partial charge in [-0.25, -0.2) is 0 Å². The molecule has 39 heavy (non-hydrogen) atoms. The van der Waals surface area contributed by atoms with Crippen LogP contribution in [0.25, 0.3) is 0 Å². The molecule has 6 atom stereocenters. The van der Waals surface area contributed by atoms with Crippen LogP contribution in [0.3, 0.4) is 0 Å². The van der Waals surface area contributed by atoms with Crippen LogP contribution in [0.5, 0.6) is 0 Å². The number of likely N-dealkylation sites (tertiary alicyclic amines) is 1. The van der Waals surface area contributed by atoms with Gasteiger partial charge in [-0.3, -0.25) is 14.4 Å². The number of ether oxygens (including phenoxy) is 2. The molecule has 2 bridgehead atoms. The molecule has 3 aliphatic heterocycles. The molecule has 8 heteroatoms. The zero-order chi connectivity index (χ0) is 27.6. The van der Waals surface area contributed by atoms with Crippen LogP contribution >= 0.6 is 0 Å². The fourth-order valence-electron chi connectivity index (χ4n) is 6.77. The summed E-state index contributed by atoms with van der Waals surface area (Å²) in [5.41, 5.74) is 0.724. The third-order valence-electron chi connectivity index (χ3n) is 8.33. The summed E-state index contributed by atoms with van der Waals surface area (Å²) in [4.78, 5) is 45.1. The summed E-state index contributed by atoms with van der Waals surface area (Å²) in [6.45, 7) is 6.06. The number of hydrogen-bond acceptors (Lipinski definition) is 6. The summed E-state index contributed by atoms with van der Waals surface area (Å²) in [7, 11) is 0. The van der Waals surface area contributed by atoms with Gasteiger partial charge < -0.3 is 24.4 Å². The number of fused-ring (bicyclic) bond motifs is 1. The van der Waals surface area contributed by atoms with E-state index >= 15 is 0 Å². The predicted octanol–water partition coefficient (Wildman–Crippen LogP) is 2.74. The molecule has 2 aromatic rings. The molecule has 206 valence electrons. The molecular weight excluding hydrogens is 496 g/mol. The molecule has 3 fully saturated rings. The Morgan fingerprint density at radius 1 is 1.18 bits per heavy atom. The Hall–Kier alpha value is -3.49. The van der Waals surface area contributed by atoms with E-state index in [1.807, 2.05) is 60.7 Å². The van der Waals surface area contributed by atoms with E-state index in [1.54, 1.807) is 17.9 Å². The van der Waals surface area contributed by atoms with E-state index in [9.17, 15) is 19.5 Å². The second-order valence-corrected chi connectivity index (χ2v) is 10.6. The van der Waals surface area contributed by atoms with Crippen LogP contribution in [-0.4, -0.2) is 76.2 Å². The number of carbonyl (C=O) groups is 3. The Morgan fingerprint density at radius 3 is 2.46 bits per heavy atom. The zero-order valence-electron chi connectivity index (χ0n) is 22.3. The fraction of sp³-hybridized carbons (Fsp3) is 0.452. The highest BCUT2D eigenvalue weighted by Crippen LogP contribution is 2.59. The van der Waals surface area contributed by atoms with E-state index in [2.05, 4.69) is 6.58 Å². The molecule has 3 saturated heterocycles. The smallest absolute Gasteiger partial charge is 0.312 e. The van der Waals surface area contributed by atoms with Crippen molar-refractivity contribution in [3.8, 4) is 0 Å². The van der Waals surface area contributed by atoms with Crippen molar-refractivity contribution in [1.29, 1.82) is 0 Å². The summed E-state index contributed by atoms with van der Waals surface area (Å²) < 4.78 is 11.9. The third kappa shape index (κ3) is 4.76. The number of rotatable bonds is 11. The Bertz CT molecular complexity index is 1200. The summed E-state index contributed by atoms with van der Waals surface area (Å²) in [5, 5.41) is 10.6. The number of aliphatic hydroxyl groups excluding tert-OH is 1. The van der Waals surface area contributed by atoms with Crippen LogP contribution in [0.1, 0.15) is 30.9 Å². The molecule has 1 N–H and O–H groups in total. The van der Waals surface area contributed by atoms with Crippen molar-refractivity contribution in [3.05, 3.63) is 84.4 Å². The Kier molecular flexibility index (Phi) is 7.86. The van der Waals surface area contributed by atoms with Gasteiger partial charge in [-0.1, -0.05) is 66.7 Å². The minimum Gasteiger partial charge on any atom is -0.466 e. The second kappa shape index (κ2) is 11.3. The van der Waals surface area contributed by atoms with Crippen molar-refractivity contribution in [2.75, 3.05) is 19.8 Å². The van der Waals surface area contributed by atoms with E-state index in [1.165, 1.54) is 4.90 Å². The molecule has 2 aromatic carbocycles. The average molecular weight is 533 g/mol. The van der Waals surface area contributed by atoms with E-state index in [4.69, 9.17) is 9.47 Å². The highest BCUT2D eigenvalue weighted by Gasteiger charge is 2.75. The second-order valence-electron chi connectivity index (χ2n) is 10.6. The normalized spacial score (nSPS) is 27.7. The first-order chi connectivity index (χ1) is 18.9. The van der Waals surface area contributed by atoms with Gasteiger partial charge in [0.15, 0.2) is 0 Å². The highest BCUT2D eigenvalue weighted by molar-refractivity contribution is 5.98. The van der Waals surface area contributed by atoms with Crippen molar-refractivity contribution in [2.45, 2.75) is 56.5 Å². The van der Waals surface area contributed by atoms with Crippen LogP contribution in [0, 0.1) is 11.8 Å². The van der Waals surface area contributed by atoms with Gasteiger partial charge in [0.1, 0.15) is 11.6 Å². The molecule has 0 aromatic heterocycles. The summed E-state index contributed by atoms with van der Waals surface area (Å²) in [6, 6.07) is 17.6. The minimum absolute atomic E-state index is 0.194. The van der Waals surface area contributed by atoms with Crippen molar-refractivity contribution in [1.82, 2.24) is 9.80 Å². The first kappa shape index (κ1) is 27.1. The molecule has 1 spiro atoms. The summed E-state index contributed by atoms with van der Waals surface area (Å²) in [6.07, 6.45) is 2.60. The molecule has 0 saturated carbocycles. The van der Waals surface area contributed by atoms with Crippen LogP contribution < -0.4 is 0 Å². The molecule has 3 heterocycles. The molecule has 0 unspecified atom stereocenters. The lowest BCUT2D eigenvalue weighted by Crippen LogP contribution is -2.59. The highest BCUT2D eigenvalue weighted by atomic mass is 16.6. The van der Waals surface area contributed by atoms with Gasteiger partial charge in [0, 0.05) is 13.1 Å². The zero-order valence-corrected chi connectivity index (χ0v) is 22.3. The lowest BCUT2D eigenvalue weighted by molar-refractivity contribution is -0.156. The van der Waals surface area contributed by atoms with E-state index < -0.39 is 41.6 Å². The standard InChI is InChI=1S/C31H36N2O6/c1-3-17-32(19-22-13-9-6-10-14-22)29(36)27-31-16-15-24(39-31)25(30(37)38-4-2)26(31)28(35)33(27)23(20-34)18-21-11-7-5-8-12-21/h3,5-14,23-27,34H,1,4,15-20H2,2H3/t23-,24+,25-,26-,27+,31-/m1/s1. The van der Waals surface area contributed by atoms with Gasteiger partial charge in [-0.2, -0.15) is 0 Å². The van der Waals surface area contributed by atoms with Gasteiger partial charge in [0.2, 0.25) is 11.8 Å². The third-order valence-corrected chi connectivity index (χ3v) is 8.33. The molecule has 5 rings (SSSR count). The van der Waals surface area contributed by atoms with Crippen LogP contribution in [0.4, 0.5) is 0 Å². The topological polar surface area (TPSA) is 96.4 Å². The van der Waals surface area contributed by atoms with Gasteiger partial charge in [0.05, 0.1) is 37.2 Å². The minimum atomic E-state index is -1.16. The van der Waals surface area contributed by atoms with Crippen LogP contribution in [-0.2, 0) is 36.8 Å². The lowest BCUT2D eigenvalue weighted by Gasteiger charge is -2.39. The number of carbonyl (C=O) groups excluding carboxylic acids is 3. The Balaban J connectivity index is 1.56. The maximum Gasteiger partial charge on any atom is 0.312 e. The van der Waals surface area contributed by atoms with Crippen molar-refractivity contribution < 1.29 is 29.0 Å². The number of esters is 1. The molecule has 8 nitrogen and oxygen atoms in total. The molecule has 0 aliphatic carbocycles. The number of hydrogen-bond donors (Lipinski definition) is 1. The maximum atomic E-state index is 14.5. The first-order valence-corrected chi connectivity index (χ1v) is 13.7. The molecule has 3 aliphatic rings. The number of amides is 2. The van der Waals surface area contributed by atoms with E-state index in [-0.39, 0.29) is 31.6 Å². The van der Waals surface area contributed by atoms with Gasteiger partial charge in [-0.15, -0.1) is 6.58 Å².